The molecular weight excluding hydrogens is 219 g/mol. The second-order valence-corrected chi connectivity index (χ2v) is 4.43. The highest BCUT2D eigenvalue weighted by molar-refractivity contribution is 6.36. The molecule has 4 heteroatoms. The van der Waals surface area contributed by atoms with Crippen LogP contribution in [-0.2, 0) is 0 Å². The van der Waals surface area contributed by atoms with Gasteiger partial charge in [0.05, 0.1) is 10.7 Å². The molecule has 0 bridgehead atoms. The molecule has 76 valence electrons. The van der Waals surface area contributed by atoms with E-state index in [-0.39, 0.29) is 6.04 Å². The minimum absolute atomic E-state index is 0.266. The molecule has 1 aliphatic rings. The fourth-order valence-electron chi connectivity index (χ4n) is 1.74. The normalized spacial score (nSPS) is 21.6. The van der Waals surface area contributed by atoms with Crippen molar-refractivity contribution in [1.29, 1.82) is 0 Å². The molecule has 1 unspecified atom stereocenters. The van der Waals surface area contributed by atoms with Crippen LogP contribution in [0.5, 0.6) is 0 Å². The molecule has 0 aliphatic carbocycles. The number of rotatable bonds is 1. The van der Waals surface area contributed by atoms with Crippen LogP contribution in [0.25, 0.3) is 0 Å². The van der Waals surface area contributed by atoms with Crippen LogP contribution >= 0.6 is 23.2 Å². The van der Waals surface area contributed by atoms with Crippen LogP contribution in [-0.4, -0.2) is 19.1 Å². The molecular formula is C10H12Cl2N2. The molecule has 0 amide bonds. The molecule has 0 saturated carbocycles. The minimum atomic E-state index is 0.266. The molecule has 1 fully saturated rings. The van der Waals surface area contributed by atoms with Gasteiger partial charge in [-0.25, -0.2) is 0 Å². The van der Waals surface area contributed by atoms with Gasteiger partial charge in [-0.1, -0.05) is 23.2 Å². The predicted molar refractivity (Wildman–Crippen MR) is 61.3 cm³/mol. The molecule has 1 atom stereocenters. The lowest BCUT2D eigenvalue weighted by molar-refractivity contribution is 0.752. The first-order valence-electron chi connectivity index (χ1n) is 4.62. The van der Waals surface area contributed by atoms with Gasteiger partial charge in [0.2, 0.25) is 0 Å². The lowest BCUT2D eigenvalue weighted by Gasteiger charge is -2.19. The first-order chi connectivity index (χ1) is 6.66. The Hall–Kier alpha value is -0.440. The van der Waals surface area contributed by atoms with Crippen molar-refractivity contribution < 1.29 is 0 Å². The van der Waals surface area contributed by atoms with Gasteiger partial charge in [-0.15, -0.1) is 0 Å². The van der Waals surface area contributed by atoms with Gasteiger partial charge in [0.15, 0.2) is 0 Å². The average Bonchev–Trinajstić information content (AvgIpc) is 2.51. The molecule has 1 heterocycles. The van der Waals surface area contributed by atoms with E-state index in [9.17, 15) is 0 Å². The van der Waals surface area contributed by atoms with Crippen LogP contribution < -0.4 is 10.6 Å². The van der Waals surface area contributed by atoms with Gasteiger partial charge in [0.1, 0.15) is 0 Å². The zero-order chi connectivity index (χ0) is 10.1. The minimum Gasteiger partial charge on any atom is -0.369 e. The Morgan fingerprint density at radius 1 is 1.36 bits per heavy atom. The molecule has 14 heavy (non-hydrogen) atoms. The predicted octanol–water partition coefficient (Wildman–Crippen LogP) is 2.53. The highest BCUT2D eigenvalue weighted by Gasteiger charge is 2.20. The summed E-state index contributed by atoms with van der Waals surface area (Å²) < 4.78 is 0. The van der Waals surface area contributed by atoms with E-state index in [1.807, 2.05) is 12.1 Å². The summed E-state index contributed by atoms with van der Waals surface area (Å²) in [5.41, 5.74) is 6.86. The second-order valence-electron chi connectivity index (χ2n) is 3.59. The maximum absolute atomic E-state index is 6.09. The van der Waals surface area contributed by atoms with Crippen LogP contribution in [0, 0.1) is 0 Å². The number of halogens is 2. The molecule has 1 aliphatic heterocycles. The van der Waals surface area contributed by atoms with Gasteiger partial charge in [0.25, 0.3) is 0 Å². The van der Waals surface area contributed by atoms with Gasteiger partial charge < -0.3 is 10.6 Å². The third kappa shape index (κ3) is 1.97. The van der Waals surface area contributed by atoms with E-state index in [0.717, 1.165) is 25.2 Å². The summed E-state index contributed by atoms with van der Waals surface area (Å²) in [4.78, 5) is 2.20. The van der Waals surface area contributed by atoms with Crippen molar-refractivity contribution in [2.75, 3.05) is 18.0 Å². The van der Waals surface area contributed by atoms with Crippen molar-refractivity contribution in [2.45, 2.75) is 12.5 Å². The molecule has 0 aromatic heterocycles. The van der Waals surface area contributed by atoms with Crippen LogP contribution in [0.1, 0.15) is 6.42 Å². The molecule has 2 nitrogen and oxygen atoms in total. The summed E-state index contributed by atoms with van der Waals surface area (Å²) in [6, 6.07) is 5.83. The van der Waals surface area contributed by atoms with Crippen LogP contribution in [0.15, 0.2) is 18.2 Å². The first kappa shape index (κ1) is 10.1. The van der Waals surface area contributed by atoms with E-state index in [2.05, 4.69) is 4.90 Å². The van der Waals surface area contributed by atoms with Gasteiger partial charge in [-0.2, -0.15) is 0 Å². The third-order valence-corrected chi connectivity index (χ3v) is 3.01. The monoisotopic (exact) mass is 230 g/mol. The zero-order valence-corrected chi connectivity index (χ0v) is 9.22. The SMILES string of the molecule is NC1CCN(c2ccc(Cl)cc2Cl)C1. The van der Waals surface area contributed by atoms with Crippen molar-refractivity contribution in [3.05, 3.63) is 28.2 Å². The number of nitrogens with two attached hydrogens (primary N) is 1. The van der Waals surface area contributed by atoms with E-state index >= 15 is 0 Å². The summed E-state index contributed by atoms with van der Waals surface area (Å²) in [7, 11) is 0. The Bertz CT molecular complexity index is 341. The molecule has 2 rings (SSSR count). The van der Waals surface area contributed by atoms with Crippen LogP contribution in [0.3, 0.4) is 0 Å². The van der Waals surface area contributed by atoms with Gasteiger partial charge in [0, 0.05) is 24.2 Å². The summed E-state index contributed by atoms with van der Waals surface area (Å²) in [5, 5.41) is 1.37. The Kier molecular flexibility index (Phi) is 2.86. The Morgan fingerprint density at radius 2 is 2.14 bits per heavy atom. The maximum Gasteiger partial charge on any atom is 0.0654 e. The van der Waals surface area contributed by atoms with E-state index in [0.29, 0.717) is 10.0 Å². The zero-order valence-electron chi connectivity index (χ0n) is 7.71. The van der Waals surface area contributed by atoms with E-state index in [4.69, 9.17) is 28.9 Å². The maximum atomic E-state index is 6.09. The topological polar surface area (TPSA) is 29.3 Å². The standard InChI is InChI=1S/C10H12Cl2N2/c11-7-1-2-10(9(12)5-7)14-4-3-8(13)6-14/h1-2,5,8H,3-4,6,13H2. The number of benzene rings is 1. The number of anilines is 1. The quantitative estimate of drug-likeness (QED) is 0.804. The Labute approximate surface area is 93.6 Å². The number of hydrogen-bond donors (Lipinski definition) is 1. The van der Waals surface area contributed by atoms with Gasteiger partial charge >= 0.3 is 0 Å². The number of nitrogens with zero attached hydrogens (tertiary/aromatic N) is 1. The highest BCUT2D eigenvalue weighted by Crippen LogP contribution is 2.30. The summed E-state index contributed by atoms with van der Waals surface area (Å²) >= 11 is 11.9. The van der Waals surface area contributed by atoms with E-state index < -0.39 is 0 Å². The lowest BCUT2D eigenvalue weighted by Crippen LogP contribution is -2.26. The molecule has 1 aromatic rings. The molecule has 2 N–H and O–H groups in total. The van der Waals surface area contributed by atoms with Crippen molar-refractivity contribution in [2.24, 2.45) is 5.73 Å². The number of hydrogen-bond acceptors (Lipinski definition) is 2. The van der Waals surface area contributed by atoms with Crippen molar-refractivity contribution in [3.63, 3.8) is 0 Å². The Morgan fingerprint density at radius 3 is 2.71 bits per heavy atom. The fourth-order valence-corrected chi connectivity index (χ4v) is 2.27. The summed E-state index contributed by atoms with van der Waals surface area (Å²) in [6.45, 7) is 1.85. The van der Waals surface area contributed by atoms with Crippen molar-refractivity contribution >= 4 is 28.9 Å². The van der Waals surface area contributed by atoms with E-state index in [1.165, 1.54) is 0 Å². The van der Waals surface area contributed by atoms with E-state index in [1.54, 1.807) is 6.07 Å². The summed E-state index contributed by atoms with van der Waals surface area (Å²) in [5.74, 6) is 0. The Balaban J connectivity index is 2.24. The molecule has 1 aromatic carbocycles. The van der Waals surface area contributed by atoms with Gasteiger partial charge in [-0.3, -0.25) is 0 Å². The third-order valence-electron chi connectivity index (χ3n) is 2.48. The highest BCUT2D eigenvalue weighted by atomic mass is 35.5. The van der Waals surface area contributed by atoms with Crippen molar-refractivity contribution in [3.8, 4) is 0 Å². The van der Waals surface area contributed by atoms with Crippen LogP contribution in [0.4, 0.5) is 5.69 Å². The first-order valence-corrected chi connectivity index (χ1v) is 5.38. The molecule has 0 spiro atoms. The fraction of sp³-hybridized carbons (Fsp3) is 0.400. The largest absolute Gasteiger partial charge is 0.369 e. The summed E-state index contributed by atoms with van der Waals surface area (Å²) in [6.07, 6.45) is 1.03. The molecule has 0 radical (unpaired) electrons. The molecule has 1 saturated heterocycles. The lowest BCUT2D eigenvalue weighted by atomic mass is 10.3. The smallest absolute Gasteiger partial charge is 0.0654 e. The van der Waals surface area contributed by atoms with Crippen LogP contribution in [0.2, 0.25) is 10.0 Å². The average molecular weight is 231 g/mol. The van der Waals surface area contributed by atoms with Gasteiger partial charge in [-0.05, 0) is 24.6 Å². The second kappa shape index (κ2) is 3.97. The van der Waals surface area contributed by atoms with Crippen molar-refractivity contribution in [1.82, 2.24) is 0 Å².